The first-order chi connectivity index (χ1) is 8.97. The van der Waals surface area contributed by atoms with Gasteiger partial charge >= 0.3 is 5.97 Å². The Morgan fingerprint density at radius 3 is 2.11 bits per heavy atom. The highest BCUT2D eigenvalue weighted by molar-refractivity contribution is 5.75. The second-order valence-electron chi connectivity index (χ2n) is 6.68. The van der Waals surface area contributed by atoms with Crippen molar-refractivity contribution in [2.45, 2.75) is 57.8 Å². The van der Waals surface area contributed by atoms with Crippen LogP contribution in [0.25, 0.3) is 0 Å². The Labute approximate surface area is 114 Å². The zero-order chi connectivity index (χ0) is 13.7. The average Bonchev–Trinajstić information content (AvgIpc) is 2.40. The Balaban J connectivity index is 1.94. The SMILES string of the molecule is Cc1ccc(C23CCC(C(=O)O)(CC2)CC3)c(C)c1. The molecule has 2 bridgehead atoms. The molecule has 0 aromatic heterocycles. The van der Waals surface area contributed by atoms with Gasteiger partial charge in [-0.2, -0.15) is 0 Å². The number of carbonyl (C=O) groups is 1. The fourth-order valence-corrected chi connectivity index (χ4v) is 4.32. The number of carboxylic acids is 1. The maximum atomic E-state index is 11.5. The molecule has 0 radical (unpaired) electrons. The van der Waals surface area contributed by atoms with Crippen molar-refractivity contribution in [1.29, 1.82) is 0 Å². The summed E-state index contributed by atoms with van der Waals surface area (Å²) in [6.07, 6.45) is 5.70. The minimum Gasteiger partial charge on any atom is -0.481 e. The third-order valence-electron chi connectivity index (χ3n) is 5.65. The first-order valence-electron chi connectivity index (χ1n) is 7.29. The highest BCUT2D eigenvalue weighted by atomic mass is 16.4. The van der Waals surface area contributed by atoms with Gasteiger partial charge in [-0.25, -0.2) is 0 Å². The van der Waals surface area contributed by atoms with E-state index in [4.69, 9.17) is 0 Å². The molecule has 3 aliphatic rings. The van der Waals surface area contributed by atoms with E-state index < -0.39 is 11.4 Å². The minimum absolute atomic E-state index is 0.259. The molecule has 0 aliphatic heterocycles. The van der Waals surface area contributed by atoms with E-state index in [1.165, 1.54) is 16.7 Å². The predicted molar refractivity (Wildman–Crippen MR) is 75.4 cm³/mol. The van der Waals surface area contributed by atoms with Gasteiger partial charge in [-0.15, -0.1) is 0 Å². The van der Waals surface area contributed by atoms with Crippen LogP contribution in [-0.2, 0) is 10.2 Å². The maximum Gasteiger partial charge on any atom is 0.309 e. The van der Waals surface area contributed by atoms with E-state index >= 15 is 0 Å². The van der Waals surface area contributed by atoms with E-state index in [-0.39, 0.29) is 5.41 Å². The zero-order valence-electron chi connectivity index (χ0n) is 11.8. The van der Waals surface area contributed by atoms with E-state index in [9.17, 15) is 9.90 Å². The molecular formula is C17H22O2. The van der Waals surface area contributed by atoms with Crippen molar-refractivity contribution >= 4 is 5.97 Å². The van der Waals surface area contributed by atoms with Crippen molar-refractivity contribution in [1.82, 2.24) is 0 Å². The molecule has 2 heteroatoms. The number of benzene rings is 1. The molecule has 4 rings (SSSR count). The van der Waals surface area contributed by atoms with Gasteiger partial charge in [0.25, 0.3) is 0 Å². The minimum atomic E-state index is -0.568. The lowest BCUT2D eigenvalue weighted by molar-refractivity contribution is -0.156. The molecule has 0 amide bonds. The quantitative estimate of drug-likeness (QED) is 0.871. The van der Waals surface area contributed by atoms with E-state index in [1.54, 1.807) is 0 Å². The van der Waals surface area contributed by atoms with E-state index in [0.717, 1.165) is 38.5 Å². The monoisotopic (exact) mass is 258 g/mol. The molecule has 19 heavy (non-hydrogen) atoms. The van der Waals surface area contributed by atoms with Gasteiger partial charge in [-0.3, -0.25) is 4.79 Å². The molecule has 1 aromatic rings. The van der Waals surface area contributed by atoms with Crippen LogP contribution < -0.4 is 0 Å². The van der Waals surface area contributed by atoms with Crippen LogP contribution in [-0.4, -0.2) is 11.1 Å². The average molecular weight is 258 g/mol. The molecule has 0 spiro atoms. The molecule has 2 nitrogen and oxygen atoms in total. The first-order valence-corrected chi connectivity index (χ1v) is 7.29. The number of rotatable bonds is 2. The van der Waals surface area contributed by atoms with Crippen LogP contribution in [0.2, 0.25) is 0 Å². The molecule has 1 N–H and O–H groups in total. The fourth-order valence-electron chi connectivity index (χ4n) is 4.32. The summed E-state index contributed by atoms with van der Waals surface area (Å²) in [5.74, 6) is -0.568. The molecule has 0 atom stereocenters. The standard InChI is InChI=1S/C17H22O2/c1-12-3-4-14(13(2)11-12)16-5-8-17(9-6-16,10-7-16)15(18)19/h3-4,11H,5-10H2,1-2H3,(H,18,19). The molecule has 3 saturated carbocycles. The van der Waals surface area contributed by atoms with Crippen molar-refractivity contribution in [3.8, 4) is 0 Å². The first kappa shape index (κ1) is 12.7. The number of hydrogen-bond donors (Lipinski definition) is 1. The van der Waals surface area contributed by atoms with Gasteiger partial charge in [0.1, 0.15) is 0 Å². The van der Waals surface area contributed by atoms with Gasteiger partial charge in [-0.05, 0) is 68.9 Å². The van der Waals surface area contributed by atoms with E-state index in [1.807, 2.05) is 0 Å². The fraction of sp³-hybridized carbons (Fsp3) is 0.588. The lowest BCUT2D eigenvalue weighted by Gasteiger charge is -2.52. The van der Waals surface area contributed by atoms with Gasteiger partial charge in [0.05, 0.1) is 5.41 Å². The predicted octanol–water partition coefficient (Wildman–Crippen LogP) is 3.98. The largest absolute Gasteiger partial charge is 0.481 e. The number of fused-ring (bicyclic) bond motifs is 3. The van der Waals surface area contributed by atoms with Crippen LogP contribution in [0, 0.1) is 19.3 Å². The van der Waals surface area contributed by atoms with Crippen LogP contribution in [0.15, 0.2) is 18.2 Å². The number of aliphatic carboxylic acids is 1. The van der Waals surface area contributed by atoms with Crippen LogP contribution in [0.5, 0.6) is 0 Å². The van der Waals surface area contributed by atoms with E-state index in [2.05, 4.69) is 32.0 Å². The Bertz CT molecular complexity index is 506. The van der Waals surface area contributed by atoms with Crippen molar-refractivity contribution in [2.75, 3.05) is 0 Å². The summed E-state index contributed by atoms with van der Waals surface area (Å²) in [7, 11) is 0. The Kier molecular flexibility index (Phi) is 2.74. The summed E-state index contributed by atoms with van der Waals surface area (Å²) in [4.78, 5) is 11.5. The second kappa shape index (κ2) is 4.09. The normalized spacial score (nSPS) is 33.4. The summed E-state index contributed by atoms with van der Waals surface area (Å²) < 4.78 is 0. The van der Waals surface area contributed by atoms with Crippen LogP contribution in [0.3, 0.4) is 0 Å². The maximum absolute atomic E-state index is 11.5. The zero-order valence-corrected chi connectivity index (χ0v) is 11.8. The van der Waals surface area contributed by atoms with Crippen molar-refractivity contribution in [3.63, 3.8) is 0 Å². The van der Waals surface area contributed by atoms with Gasteiger partial charge in [0.2, 0.25) is 0 Å². The van der Waals surface area contributed by atoms with Gasteiger partial charge in [-0.1, -0.05) is 23.8 Å². The topological polar surface area (TPSA) is 37.3 Å². The molecule has 0 saturated heterocycles. The molecule has 3 aliphatic carbocycles. The highest BCUT2D eigenvalue weighted by Gasteiger charge is 2.53. The Morgan fingerprint density at radius 1 is 1.05 bits per heavy atom. The van der Waals surface area contributed by atoms with E-state index in [0.29, 0.717) is 0 Å². The third-order valence-corrected chi connectivity index (χ3v) is 5.65. The molecule has 0 unspecified atom stereocenters. The van der Waals surface area contributed by atoms with Crippen molar-refractivity contribution in [2.24, 2.45) is 5.41 Å². The molecule has 0 heterocycles. The van der Waals surface area contributed by atoms with Gasteiger partial charge < -0.3 is 5.11 Å². The van der Waals surface area contributed by atoms with Gasteiger partial charge in [0.15, 0.2) is 0 Å². The van der Waals surface area contributed by atoms with Crippen molar-refractivity contribution < 1.29 is 9.90 Å². The van der Waals surface area contributed by atoms with Crippen molar-refractivity contribution in [3.05, 3.63) is 34.9 Å². The smallest absolute Gasteiger partial charge is 0.309 e. The highest BCUT2D eigenvalue weighted by Crippen LogP contribution is 2.58. The summed E-state index contributed by atoms with van der Waals surface area (Å²) >= 11 is 0. The number of aryl methyl sites for hydroxylation is 2. The number of carboxylic acid groups (broad SMARTS) is 1. The van der Waals surface area contributed by atoms with Gasteiger partial charge in [0, 0.05) is 0 Å². The molecule has 3 fully saturated rings. The summed E-state index contributed by atoms with van der Waals surface area (Å²) in [6, 6.07) is 6.74. The number of hydrogen-bond acceptors (Lipinski definition) is 1. The molecular weight excluding hydrogens is 236 g/mol. The summed E-state index contributed by atoms with van der Waals surface area (Å²) in [5, 5.41) is 9.46. The van der Waals surface area contributed by atoms with Crippen LogP contribution >= 0.6 is 0 Å². The lowest BCUT2D eigenvalue weighted by Crippen LogP contribution is -2.48. The molecule has 1 aromatic carbocycles. The Morgan fingerprint density at radius 2 is 1.63 bits per heavy atom. The molecule has 102 valence electrons. The second-order valence-corrected chi connectivity index (χ2v) is 6.68. The Hall–Kier alpha value is -1.31. The third kappa shape index (κ3) is 1.80. The summed E-state index contributed by atoms with van der Waals surface area (Å²) in [6.45, 7) is 4.33. The van der Waals surface area contributed by atoms with Crippen LogP contribution in [0.1, 0.15) is 55.2 Å². The summed E-state index contributed by atoms with van der Waals surface area (Å²) in [5.41, 5.74) is 4.01. The lowest BCUT2D eigenvalue weighted by atomic mass is 9.51. The van der Waals surface area contributed by atoms with Crippen LogP contribution in [0.4, 0.5) is 0 Å².